The van der Waals surface area contributed by atoms with E-state index in [-0.39, 0.29) is 17.1 Å². The van der Waals surface area contributed by atoms with Gasteiger partial charge in [-0.2, -0.15) is 0 Å². The Balaban J connectivity index is 2.04. The van der Waals surface area contributed by atoms with Gasteiger partial charge in [-0.25, -0.2) is 12.7 Å². The van der Waals surface area contributed by atoms with Gasteiger partial charge >= 0.3 is 0 Å². The lowest BCUT2D eigenvalue weighted by atomic mass is 9.99. The molecule has 1 saturated heterocycles. The molecule has 2 fully saturated rings. The average Bonchev–Trinajstić information content (AvgIpc) is 3.12. The minimum atomic E-state index is -3.11. The van der Waals surface area contributed by atoms with Crippen LogP contribution in [0.1, 0.15) is 25.7 Å². The highest BCUT2D eigenvalue weighted by atomic mass is 32.2. The first-order valence-electron chi connectivity index (χ1n) is 5.76. The Bertz CT molecular complexity index is 376. The summed E-state index contributed by atoms with van der Waals surface area (Å²) < 4.78 is 25.5. The van der Waals surface area contributed by atoms with Crippen LogP contribution < -0.4 is 5.32 Å². The van der Waals surface area contributed by atoms with Gasteiger partial charge in [0, 0.05) is 20.1 Å². The SMILES string of the molecule is CNC(=O)[C@@H]1CCCN(S(=O)(=O)C2CC2)C1. The van der Waals surface area contributed by atoms with Crippen molar-refractivity contribution in [1.82, 2.24) is 9.62 Å². The van der Waals surface area contributed by atoms with Crippen LogP contribution in [0.3, 0.4) is 0 Å². The summed E-state index contributed by atoms with van der Waals surface area (Å²) in [5.41, 5.74) is 0. The number of nitrogens with one attached hydrogen (secondary N) is 1. The highest BCUT2D eigenvalue weighted by Gasteiger charge is 2.42. The van der Waals surface area contributed by atoms with Crippen LogP contribution in [-0.4, -0.2) is 44.0 Å². The molecule has 0 aromatic rings. The zero-order valence-corrected chi connectivity index (χ0v) is 10.3. The largest absolute Gasteiger partial charge is 0.359 e. The van der Waals surface area contributed by atoms with Crippen molar-refractivity contribution in [3.05, 3.63) is 0 Å². The van der Waals surface area contributed by atoms with Crippen molar-refractivity contribution in [2.24, 2.45) is 5.92 Å². The van der Waals surface area contributed by atoms with Crippen molar-refractivity contribution in [2.45, 2.75) is 30.9 Å². The summed E-state index contributed by atoms with van der Waals surface area (Å²) in [6, 6.07) is 0. The quantitative estimate of drug-likeness (QED) is 0.758. The number of sulfonamides is 1. The van der Waals surface area contributed by atoms with Crippen LogP contribution in [0.4, 0.5) is 0 Å². The Kier molecular flexibility index (Phi) is 3.21. The molecule has 0 spiro atoms. The number of carbonyl (C=O) groups is 1. The topological polar surface area (TPSA) is 66.5 Å². The Hall–Kier alpha value is -0.620. The maximum atomic E-state index is 12.0. The first-order chi connectivity index (χ1) is 7.55. The summed E-state index contributed by atoms with van der Waals surface area (Å²) in [4.78, 5) is 11.5. The number of hydrogen-bond donors (Lipinski definition) is 1. The van der Waals surface area contributed by atoms with E-state index < -0.39 is 10.0 Å². The lowest BCUT2D eigenvalue weighted by Crippen LogP contribution is -2.45. The fourth-order valence-corrected chi connectivity index (χ4v) is 4.09. The number of amides is 1. The molecule has 0 radical (unpaired) electrons. The predicted octanol–water partition coefficient (Wildman–Crippen LogP) is -0.0634. The van der Waals surface area contributed by atoms with Gasteiger partial charge in [-0.1, -0.05) is 0 Å². The second-order valence-electron chi connectivity index (χ2n) is 4.56. The van der Waals surface area contributed by atoms with Gasteiger partial charge in [-0.15, -0.1) is 0 Å². The molecule has 92 valence electrons. The average molecular weight is 246 g/mol. The van der Waals surface area contributed by atoms with Crippen molar-refractivity contribution in [1.29, 1.82) is 0 Å². The smallest absolute Gasteiger partial charge is 0.224 e. The third kappa shape index (κ3) is 2.22. The van der Waals surface area contributed by atoms with E-state index in [2.05, 4.69) is 5.32 Å². The molecule has 1 N–H and O–H groups in total. The molecular formula is C10H18N2O3S. The summed E-state index contributed by atoms with van der Waals surface area (Å²) in [5.74, 6) is -0.219. The molecule has 6 heteroatoms. The Morgan fingerprint density at radius 1 is 1.31 bits per heavy atom. The summed E-state index contributed by atoms with van der Waals surface area (Å²) in [6.07, 6.45) is 3.13. The highest BCUT2D eigenvalue weighted by molar-refractivity contribution is 7.90. The standard InChI is InChI=1S/C10H18N2O3S/c1-11-10(13)8-3-2-6-12(7-8)16(14,15)9-4-5-9/h8-9H,2-7H2,1H3,(H,11,13)/t8-/m1/s1. The van der Waals surface area contributed by atoms with Crippen LogP contribution in [0, 0.1) is 5.92 Å². The van der Waals surface area contributed by atoms with Gasteiger partial charge in [0.05, 0.1) is 11.2 Å². The molecule has 0 bridgehead atoms. The molecule has 2 rings (SSSR count). The Morgan fingerprint density at radius 3 is 2.56 bits per heavy atom. The maximum Gasteiger partial charge on any atom is 0.224 e. The molecule has 1 heterocycles. The molecule has 1 aliphatic heterocycles. The molecule has 1 amide bonds. The van der Waals surface area contributed by atoms with Crippen LogP contribution in [0.15, 0.2) is 0 Å². The highest BCUT2D eigenvalue weighted by Crippen LogP contribution is 2.33. The number of hydrogen-bond acceptors (Lipinski definition) is 3. The number of piperidine rings is 1. The molecule has 16 heavy (non-hydrogen) atoms. The van der Waals surface area contributed by atoms with Crippen molar-refractivity contribution >= 4 is 15.9 Å². The van der Waals surface area contributed by atoms with Gasteiger partial charge in [0.2, 0.25) is 15.9 Å². The lowest BCUT2D eigenvalue weighted by Gasteiger charge is -2.30. The molecular weight excluding hydrogens is 228 g/mol. The second-order valence-corrected chi connectivity index (χ2v) is 6.77. The number of carbonyl (C=O) groups excluding carboxylic acids is 1. The van der Waals surface area contributed by atoms with Gasteiger partial charge in [-0.05, 0) is 25.7 Å². The first kappa shape index (κ1) is 11.9. The predicted molar refractivity (Wildman–Crippen MR) is 60.3 cm³/mol. The molecule has 0 unspecified atom stereocenters. The molecule has 1 saturated carbocycles. The van der Waals surface area contributed by atoms with Crippen LogP contribution >= 0.6 is 0 Å². The summed E-state index contributed by atoms with van der Waals surface area (Å²) in [7, 11) is -1.52. The van der Waals surface area contributed by atoms with Gasteiger partial charge in [0.1, 0.15) is 0 Å². The van der Waals surface area contributed by atoms with E-state index >= 15 is 0 Å². The minimum Gasteiger partial charge on any atom is -0.359 e. The van der Waals surface area contributed by atoms with Crippen molar-refractivity contribution < 1.29 is 13.2 Å². The minimum absolute atomic E-state index is 0.0457. The maximum absolute atomic E-state index is 12.0. The van der Waals surface area contributed by atoms with Crippen molar-refractivity contribution in [3.8, 4) is 0 Å². The second kappa shape index (κ2) is 4.33. The van der Waals surface area contributed by atoms with E-state index in [0.717, 1.165) is 25.7 Å². The van der Waals surface area contributed by atoms with Crippen LogP contribution in [0.25, 0.3) is 0 Å². The van der Waals surface area contributed by atoms with Gasteiger partial charge < -0.3 is 5.32 Å². The van der Waals surface area contributed by atoms with Crippen molar-refractivity contribution in [3.63, 3.8) is 0 Å². The molecule has 0 aromatic heterocycles. The summed E-state index contributed by atoms with van der Waals surface area (Å²) in [5, 5.41) is 2.42. The fraction of sp³-hybridized carbons (Fsp3) is 0.900. The third-order valence-corrected chi connectivity index (χ3v) is 5.67. The zero-order valence-electron chi connectivity index (χ0n) is 9.48. The van der Waals surface area contributed by atoms with Gasteiger partial charge in [-0.3, -0.25) is 4.79 Å². The molecule has 0 aromatic carbocycles. The molecule has 5 nitrogen and oxygen atoms in total. The van der Waals surface area contributed by atoms with E-state index in [9.17, 15) is 13.2 Å². The molecule has 2 aliphatic rings. The summed E-state index contributed by atoms with van der Waals surface area (Å²) >= 11 is 0. The summed E-state index contributed by atoms with van der Waals surface area (Å²) in [6.45, 7) is 0.935. The van der Waals surface area contributed by atoms with E-state index in [1.807, 2.05) is 0 Å². The van der Waals surface area contributed by atoms with Crippen LogP contribution in [0.5, 0.6) is 0 Å². The lowest BCUT2D eigenvalue weighted by molar-refractivity contribution is -0.125. The van der Waals surface area contributed by atoms with Crippen LogP contribution in [-0.2, 0) is 14.8 Å². The third-order valence-electron chi connectivity index (χ3n) is 3.31. The molecule has 1 atom stereocenters. The zero-order chi connectivity index (χ0) is 11.8. The van der Waals surface area contributed by atoms with E-state index in [4.69, 9.17) is 0 Å². The van der Waals surface area contributed by atoms with E-state index in [0.29, 0.717) is 13.1 Å². The number of rotatable bonds is 3. The van der Waals surface area contributed by atoms with Gasteiger partial charge in [0.25, 0.3) is 0 Å². The Morgan fingerprint density at radius 2 is 2.00 bits per heavy atom. The van der Waals surface area contributed by atoms with E-state index in [1.54, 1.807) is 7.05 Å². The Labute approximate surface area is 96.2 Å². The van der Waals surface area contributed by atoms with Gasteiger partial charge in [0.15, 0.2) is 0 Å². The monoisotopic (exact) mass is 246 g/mol. The fourth-order valence-electron chi connectivity index (χ4n) is 2.17. The van der Waals surface area contributed by atoms with Crippen molar-refractivity contribution in [2.75, 3.05) is 20.1 Å². The normalized spacial score (nSPS) is 27.7. The molecule has 1 aliphatic carbocycles. The van der Waals surface area contributed by atoms with E-state index in [1.165, 1.54) is 4.31 Å². The first-order valence-corrected chi connectivity index (χ1v) is 7.26. The van der Waals surface area contributed by atoms with Crippen LogP contribution in [0.2, 0.25) is 0 Å². The number of nitrogens with zero attached hydrogens (tertiary/aromatic N) is 1.